The van der Waals surface area contributed by atoms with Gasteiger partial charge in [-0.15, -0.1) is 0 Å². The van der Waals surface area contributed by atoms with Crippen LogP contribution in [0.3, 0.4) is 0 Å². The second kappa shape index (κ2) is 11.2. The Morgan fingerprint density at radius 2 is 1.52 bits per heavy atom. The molecule has 0 spiro atoms. The number of aromatic nitrogens is 1. The van der Waals surface area contributed by atoms with Gasteiger partial charge in [-0.05, 0) is 95.6 Å². The summed E-state index contributed by atoms with van der Waals surface area (Å²) in [7, 11) is 0. The quantitative estimate of drug-likeness (QED) is 0.242. The summed E-state index contributed by atoms with van der Waals surface area (Å²) in [6.07, 6.45) is 6.53. The maximum Gasteiger partial charge on any atom is 0.387 e. The maximum absolute atomic E-state index is 13.8. The van der Waals surface area contributed by atoms with E-state index in [2.05, 4.69) is 10.8 Å². The number of benzene rings is 3. The first-order chi connectivity index (χ1) is 19.4. The van der Waals surface area contributed by atoms with Gasteiger partial charge in [0.25, 0.3) is 5.56 Å². The van der Waals surface area contributed by atoms with Crippen molar-refractivity contribution in [1.29, 1.82) is 0 Å². The lowest BCUT2D eigenvalue weighted by molar-refractivity contribution is -0.0498. The van der Waals surface area contributed by atoms with Crippen molar-refractivity contribution >= 4 is 46.7 Å². The molecule has 1 aliphatic heterocycles. The Kier molecular flexibility index (Phi) is 7.45. The van der Waals surface area contributed by atoms with Gasteiger partial charge in [-0.1, -0.05) is 70.9 Å². The van der Waals surface area contributed by atoms with Crippen LogP contribution in [0, 0.1) is 0 Å². The van der Waals surface area contributed by atoms with E-state index in [9.17, 15) is 13.6 Å². The highest BCUT2D eigenvalue weighted by atomic mass is 35.5. The number of allylic oxidation sites excluding steroid dienone is 2. The largest absolute Gasteiger partial charge is 0.435 e. The van der Waals surface area contributed by atoms with Crippen LogP contribution in [0.2, 0.25) is 10.0 Å². The van der Waals surface area contributed by atoms with Gasteiger partial charge in [0.05, 0.1) is 16.3 Å². The number of rotatable bonds is 5. The molecule has 3 aromatic carbocycles. The van der Waals surface area contributed by atoms with Crippen LogP contribution in [0.15, 0.2) is 99.4 Å². The standard InChI is InChI=1S/C31H22Cl2F2N2O2S/c32-22-10-4-18(5-11-22)16-21-2-1-3-25-27(21)36-31-37(28(25)20-8-12-23(33)13-9-20)29(38)26(40-31)17-19-6-14-24(15-7-19)39-30(34)35/h4-17,28,30H,1-3H2/b21-16-,26-17+. The van der Waals surface area contributed by atoms with Crippen molar-refractivity contribution in [3.05, 3.63) is 136 Å². The van der Waals surface area contributed by atoms with E-state index >= 15 is 0 Å². The summed E-state index contributed by atoms with van der Waals surface area (Å²) in [5, 5.41) is 1.30. The van der Waals surface area contributed by atoms with Gasteiger partial charge in [0.15, 0.2) is 4.80 Å². The third-order valence-electron chi connectivity index (χ3n) is 6.93. The summed E-state index contributed by atoms with van der Waals surface area (Å²) in [4.78, 5) is 19.5. The molecule has 4 aromatic rings. The molecule has 0 bridgehead atoms. The minimum Gasteiger partial charge on any atom is -0.435 e. The lowest BCUT2D eigenvalue weighted by Gasteiger charge is -2.31. The molecule has 40 heavy (non-hydrogen) atoms. The fraction of sp³-hybridized carbons (Fsp3) is 0.161. The van der Waals surface area contributed by atoms with Crippen LogP contribution in [-0.2, 0) is 0 Å². The van der Waals surface area contributed by atoms with Gasteiger partial charge in [0.1, 0.15) is 5.75 Å². The molecular weight excluding hydrogens is 573 g/mol. The minimum absolute atomic E-state index is 0.0593. The summed E-state index contributed by atoms with van der Waals surface area (Å²) in [5.41, 5.74) is 5.67. The van der Waals surface area contributed by atoms with Crippen LogP contribution in [-0.4, -0.2) is 11.2 Å². The summed E-state index contributed by atoms with van der Waals surface area (Å²) >= 11 is 13.6. The molecule has 0 N–H and O–H groups in total. The van der Waals surface area contributed by atoms with E-state index in [0.717, 1.165) is 47.2 Å². The molecule has 1 aliphatic carbocycles. The van der Waals surface area contributed by atoms with Crippen molar-refractivity contribution in [2.45, 2.75) is 31.9 Å². The lowest BCUT2D eigenvalue weighted by Crippen LogP contribution is -2.39. The molecule has 9 heteroatoms. The Morgan fingerprint density at radius 3 is 2.20 bits per heavy atom. The molecule has 4 nitrogen and oxygen atoms in total. The molecule has 2 aliphatic rings. The zero-order chi connectivity index (χ0) is 27.8. The van der Waals surface area contributed by atoms with Crippen molar-refractivity contribution in [3.63, 3.8) is 0 Å². The summed E-state index contributed by atoms with van der Waals surface area (Å²) in [6, 6.07) is 21.2. The van der Waals surface area contributed by atoms with Gasteiger partial charge in [0, 0.05) is 10.0 Å². The van der Waals surface area contributed by atoms with E-state index in [-0.39, 0.29) is 17.4 Å². The first-order valence-corrected chi connectivity index (χ1v) is 14.2. The highest BCUT2D eigenvalue weighted by Crippen LogP contribution is 2.41. The normalized spacial score (nSPS) is 18.1. The Bertz CT molecular complexity index is 1810. The second-order valence-corrected chi connectivity index (χ2v) is 11.4. The van der Waals surface area contributed by atoms with Crippen LogP contribution in [0.1, 0.15) is 42.0 Å². The van der Waals surface area contributed by atoms with Crippen molar-refractivity contribution in [2.24, 2.45) is 4.99 Å². The average molecular weight is 595 g/mol. The summed E-state index contributed by atoms with van der Waals surface area (Å²) in [6.45, 7) is -2.90. The number of nitrogens with zero attached hydrogens (tertiary/aromatic N) is 2. The number of fused-ring (bicyclic) bond motifs is 1. The molecule has 0 fully saturated rings. The topological polar surface area (TPSA) is 43.6 Å². The molecule has 1 atom stereocenters. The van der Waals surface area contributed by atoms with Crippen LogP contribution in [0.5, 0.6) is 5.75 Å². The summed E-state index contributed by atoms with van der Waals surface area (Å²) in [5.74, 6) is 0.0593. The third-order valence-corrected chi connectivity index (χ3v) is 8.42. The highest BCUT2D eigenvalue weighted by Gasteiger charge is 2.32. The predicted octanol–water partition coefficient (Wildman–Crippen LogP) is 7.39. The Morgan fingerprint density at radius 1 is 0.900 bits per heavy atom. The van der Waals surface area contributed by atoms with Gasteiger partial charge in [-0.2, -0.15) is 8.78 Å². The van der Waals surface area contributed by atoms with Crippen LogP contribution in [0.25, 0.3) is 12.2 Å². The number of alkyl halides is 2. The molecule has 1 aromatic heterocycles. The lowest BCUT2D eigenvalue weighted by atomic mass is 9.84. The highest BCUT2D eigenvalue weighted by molar-refractivity contribution is 7.07. The fourth-order valence-corrected chi connectivity index (χ4v) is 6.41. The van der Waals surface area contributed by atoms with E-state index in [1.165, 1.54) is 23.5 Å². The first-order valence-electron chi connectivity index (χ1n) is 12.7. The zero-order valence-electron chi connectivity index (χ0n) is 21.0. The zero-order valence-corrected chi connectivity index (χ0v) is 23.3. The number of hydrogen-bond acceptors (Lipinski definition) is 4. The molecule has 0 saturated heterocycles. The molecule has 0 amide bonds. The van der Waals surface area contributed by atoms with E-state index < -0.39 is 6.61 Å². The van der Waals surface area contributed by atoms with Crippen LogP contribution < -0.4 is 19.6 Å². The van der Waals surface area contributed by atoms with Crippen LogP contribution in [0.4, 0.5) is 8.78 Å². The number of hydrogen-bond donors (Lipinski definition) is 0. The van der Waals surface area contributed by atoms with Gasteiger partial charge >= 0.3 is 6.61 Å². The predicted molar refractivity (Wildman–Crippen MR) is 156 cm³/mol. The number of halogens is 4. The van der Waals surface area contributed by atoms with E-state index in [0.29, 0.717) is 24.9 Å². The van der Waals surface area contributed by atoms with Gasteiger partial charge in [-0.3, -0.25) is 9.36 Å². The number of ether oxygens (including phenoxy) is 1. The monoisotopic (exact) mass is 594 g/mol. The first kappa shape index (κ1) is 26.7. The summed E-state index contributed by atoms with van der Waals surface area (Å²) < 4.78 is 31.8. The Balaban J connectivity index is 1.50. The molecule has 0 radical (unpaired) electrons. The van der Waals surface area contributed by atoms with E-state index in [1.54, 1.807) is 22.8 Å². The van der Waals surface area contributed by atoms with Crippen molar-refractivity contribution in [1.82, 2.24) is 4.57 Å². The molecular formula is C31H22Cl2F2N2O2S. The Labute approximate surface area is 242 Å². The molecule has 1 unspecified atom stereocenters. The van der Waals surface area contributed by atoms with E-state index in [4.69, 9.17) is 28.2 Å². The smallest absolute Gasteiger partial charge is 0.387 e. The molecule has 0 saturated carbocycles. The van der Waals surface area contributed by atoms with Crippen molar-refractivity contribution in [2.75, 3.05) is 0 Å². The molecule has 202 valence electrons. The Hall–Kier alpha value is -3.52. The van der Waals surface area contributed by atoms with Crippen molar-refractivity contribution in [3.8, 4) is 5.75 Å². The molecule has 2 heterocycles. The van der Waals surface area contributed by atoms with Crippen molar-refractivity contribution < 1.29 is 13.5 Å². The van der Waals surface area contributed by atoms with Gasteiger partial charge < -0.3 is 4.74 Å². The second-order valence-electron chi connectivity index (χ2n) is 9.53. The average Bonchev–Trinajstić information content (AvgIpc) is 3.25. The minimum atomic E-state index is -2.90. The SMILES string of the molecule is O=c1/c(=C\c2ccc(OC(F)F)cc2)sc2n1C(c1ccc(Cl)cc1)C1=C(N=2)/C(=C\c2ccc(Cl)cc2)CCC1. The molecule has 6 rings (SSSR count). The van der Waals surface area contributed by atoms with E-state index in [1.807, 2.05) is 48.5 Å². The van der Waals surface area contributed by atoms with Crippen LogP contribution >= 0.6 is 34.5 Å². The third kappa shape index (κ3) is 5.42. The fourth-order valence-electron chi connectivity index (χ4n) is 5.16. The van der Waals surface area contributed by atoms with Gasteiger partial charge in [-0.25, -0.2) is 4.99 Å². The van der Waals surface area contributed by atoms with Gasteiger partial charge in [0.2, 0.25) is 0 Å². The number of thiazole rings is 1. The maximum atomic E-state index is 13.8.